The first-order valence-electron chi connectivity index (χ1n) is 9.26. The summed E-state index contributed by atoms with van der Waals surface area (Å²) in [6.07, 6.45) is 1.45. The van der Waals surface area contributed by atoms with Crippen molar-refractivity contribution in [3.8, 4) is 11.6 Å². The number of nitrogens with one attached hydrogen (secondary N) is 2. The monoisotopic (exact) mass is 425 g/mol. The first-order chi connectivity index (χ1) is 14.1. The fraction of sp³-hybridized carbons (Fsp3) is 0.250. The maximum Gasteiger partial charge on any atom is 0.263 e. The van der Waals surface area contributed by atoms with E-state index in [2.05, 4.69) is 25.5 Å². The zero-order chi connectivity index (χ0) is 21.6. The lowest BCUT2D eigenvalue weighted by Gasteiger charge is -2.17. The van der Waals surface area contributed by atoms with E-state index in [9.17, 15) is 9.59 Å². The van der Waals surface area contributed by atoms with Gasteiger partial charge >= 0.3 is 0 Å². The van der Waals surface area contributed by atoms with Crippen molar-refractivity contribution in [2.75, 3.05) is 5.32 Å². The summed E-state index contributed by atoms with van der Waals surface area (Å²) in [7, 11) is 0. The fourth-order valence-corrected chi connectivity index (χ4v) is 2.96. The van der Waals surface area contributed by atoms with E-state index in [-0.39, 0.29) is 17.4 Å². The molecule has 0 radical (unpaired) electrons. The average molecular weight is 426 g/mol. The number of benzene rings is 1. The number of nitrogens with zero attached hydrogens (tertiary/aromatic N) is 5. The molecular weight excluding hydrogens is 406 g/mol. The van der Waals surface area contributed by atoms with Gasteiger partial charge in [0.1, 0.15) is 11.2 Å². The van der Waals surface area contributed by atoms with Gasteiger partial charge in [0, 0.05) is 16.5 Å². The van der Waals surface area contributed by atoms with Gasteiger partial charge in [-0.1, -0.05) is 32.4 Å². The van der Waals surface area contributed by atoms with Crippen LogP contribution in [0.4, 0.5) is 5.82 Å². The summed E-state index contributed by atoms with van der Waals surface area (Å²) in [5.41, 5.74) is 0.763. The van der Waals surface area contributed by atoms with E-state index in [1.54, 1.807) is 41.9 Å². The molecule has 4 rings (SSSR count). The summed E-state index contributed by atoms with van der Waals surface area (Å²) < 4.78 is 2.95. The third-order valence-electron chi connectivity index (χ3n) is 4.45. The van der Waals surface area contributed by atoms with Crippen LogP contribution in [-0.4, -0.2) is 35.4 Å². The van der Waals surface area contributed by atoms with Crippen LogP contribution in [0.2, 0.25) is 5.02 Å². The van der Waals surface area contributed by atoms with Crippen LogP contribution < -0.4 is 10.9 Å². The molecule has 0 unspecified atom stereocenters. The predicted molar refractivity (Wildman–Crippen MR) is 114 cm³/mol. The van der Waals surface area contributed by atoms with Crippen molar-refractivity contribution in [2.24, 2.45) is 5.41 Å². The van der Waals surface area contributed by atoms with E-state index in [1.165, 1.54) is 10.9 Å². The van der Waals surface area contributed by atoms with Crippen molar-refractivity contribution in [3.63, 3.8) is 0 Å². The van der Waals surface area contributed by atoms with Crippen molar-refractivity contribution in [2.45, 2.75) is 27.7 Å². The third-order valence-corrected chi connectivity index (χ3v) is 4.70. The molecular formula is C20H20ClN7O2. The third kappa shape index (κ3) is 3.59. The number of fused-ring (bicyclic) bond motifs is 1. The molecule has 0 aliphatic carbocycles. The first kappa shape index (κ1) is 19.8. The molecule has 0 fully saturated rings. The van der Waals surface area contributed by atoms with Crippen molar-refractivity contribution < 1.29 is 4.79 Å². The van der Waals surface area contributed by atoms with E-state index in [1.807, 2.05) is 20.8 Å². The maximum atomic E-state index is 12.7. The molecule has 0 aliphatic rings. The molecule has 1 amide bonds. The lowest BCUT2D eigenvalue weighted by molar-refractivity contribution is -0.123. The fourth-order valence-electron chi connectivity index (χ4n) is 2.83. The van der Waals surface area contributed by atoms with Gasteiger partial charge in [-0.15, -0.1) is 0 Å². The number of hydrogen-bond acceptors (Lipinski definition) is 5. The second-order valence-electron chi connectivity index (χ2n) is 7.95. The number of anilines is 1. The normalized spacial score (nSPS) is 11.8. The summed E-state index contributed by atoms with van der Waals surface area (Å²) in [5.74, 6) is 0.395. The highest BCUT2D eigenvalue weighted by Crippen LogP contribution is 2.21. The van der Waals surface area contributed by atoms with E-state index in [0.717, 1.165) is 0 Å². The molecule has 0 saturated carbocycles. The number of H-pyrrole nitrogens is 1. The number of carbonyl (C=O) groups excluding carboxylic acids is 1. The molecule has 4 aromatic rings. The number of aromatic amines is 1. The Morgan fingerprint density at radius 1 is 1.17 bits per heavy atom. The van der Waals surface area contributed by atoms with Crippen LogP contribution in [0.15, 0.2) is 41.3 Å². The number of aryl methyl sites for hydroxylation is 1. The molecule has 3 heterocycles. The van der Waals surface area contributed by atoms with Crippen LogP contribution in [0.5, 0.6) is 0 Å². The molecule has 0 aliphatic heterocycles. The zero-order valence-corrected chi connectivity index (χ0v) is 17.7. The molecule has 0 saturated heterocycles. The van der Waals surface area contributed by atoms with Gasteiger partial charge in [0.05, 0.1) is 17.6 Å². The van der Waals surface area contributed by atoms with Crippen LogP contribution in [0.3, 0.4) is 0 Å². The van der Waals surface area contributed by atoms with Crippen LogP contribution in [0, 0.1) is 12.3 Å². The highest BCUT2D eigenvalue weighted by atomic mass is 35.5. The lowest BCUT2D eigenvalue weighted by Crippen LogP contribution is -2.29. The van der Waals surface area contributed by atoms with E-state index in [0.29, 0.717) is 33.3 Å². The molecule has 10 heteroatoms. The Labute approximate surface area is 176 Å². The van der Waals surface area contributed by atoms with Gasteiger partial charge in [0.2, 0.25) is 11.9 Å². The number of rotatable bonds is 3. The van der Waals surface area contributed by atoms with E-state index >= 15 is 0 Å². The highest BCUT2D eigenvalue weighted by molar-refractivity contribution is 6.30. The minimum absolute atomic E-state index is 0.167. The summed E-state index contributed by atoms with van der Waals surface area (Å²) in [5, 5.41) is 12.4. The van der Waals surface area contributed by atoms with Gasteiger partial charge in [-0.2, -0.15) is 19.9 Å². The summed E-state index contributed by atoms with van der Waals surface area (Å²) in [4.78, 5) is 32.4. The van der Waals surface area contributed by atoms with Gasteiger partial charge in [-0.25, -0.2) is 4.68 Å². The Morgan fingerprint density at radius 3 is 2.53 bits per heavy atom. The molecule has 154 valence electrons. The minimum atomic E-state index is -0.596. The average Bonchev–Trinajstić information content (AvgIpc) is 3.25. The molecule has 0 atom stereocenters. The van der Waals surface area contributed by atoms with Crippen LogP contribution in [-0.2, 0) is 4.79 Å². The number of amides is 1. The van der Waals surface area contributed by atoms with Gasteiger partial charge in [-0.3, -0.25) is 14.6 Å². The highest BCUT2D eigenvalue weighted by Gasteiger charge is 2.24. The predicted octanol–water partition coefficient (Wildman–Crippen LogP) is 3.24. The topological polar surface area (TPSA) is 110 Å². The van der Waals surface area contributed by atoms with Crippen molar-refractivity contribution in [1.82, 2.24) is 29.5 Å². The Balaban J connectivity index is 1.85. The Kier molecular flexibility index (Phi) is 4.70. The van der Waals surface area contributed by atoms with Crippen molar-refractivity contribution >= 4 is 34.4 Å². The number of aromatic nitrogens is 6. The number of carbonyl (C=O) groups is 1. The van der Waals surface area contributed by atoms with Crippen molar-refractivity contribution in [3.05, 3.63) is 57.6 Å². The molecule has 1 aromatic carbocycles. The largest absolute Gasteiger partial charge is 0.310 e. The van der Waals surface area contributed by atoms with Gasteiger partial charge in [0.15, 0.2) is 5.65 Å². The lowest BCUT2D eigenvalue weighted by atomic mass is 9.96. The molecule has 0 spiro atoms. The maximum absolute atomic E-state index is 12.7. The second-order valence-corrected chi connectivity index (χ2v) is 8.38. The molecule has 3 aromatic heterocycles. The number of hydrogen-bond donors (Lipinski definition) is 2. The summed E-state index contributed by atoms with van der Waals surface area (Å²) in [6, 6.07) is 8.74. The van der Waals surface area contributed by atoms with Crippen LogP contribution >= 0.6 is 11.6 Å². The van der Waals surface area contributed by atoms with Gasteiger partial charge in [-0.05, 0) is 31.2 Å². The van der Waals surface area contributed by atoms with Crippen molar-refractivity contribution in [1.29, 1.82) is 0 Å². The second kappa shape index (κ2) is 7.10. The SMILES string of the molecule is Cc1cc(NC(=O)C(C)(C)C)n(-c2nc3c(cnn3-c3ccc(Cl)cc3)c(=O)[nH]2)n1. The Bertz CT molecular complexity index is 1310. The molecule has 0 bridgehead atoms. The molecule has 2 N–H and O–H groups in total. The van der Waals surface area contributed by atoms with Crippen LogP contribution in [0.1, 0.15) is 26.5 Å². The Hall–Kier alpha value is -3.46. The quantitative estimate of drug-likeness (QED) is 0.523. The van der Waals surface area contributed by atoms with E-state index in [4.69, 9.17) is 11.6 Å². The Morgan fingerprint density at radius 2 is 1.87 bits per heavy atom. The first-order valence-corrected chi connectivity index (χ1v) is 9.64. The zero-order valence-electron chi connectivity index (χ0n) is 16.9. The molecule has 30 heavy (non-hydrogen) atoms. The van der Waals surface area contributed by atoms with Gasteiger partial charge in [0.25, 0.3) is 5.56 Å². The van der Waals surface area contributed by atoms with Gasteiger partial charge < -0.3 is 5.32 Å². The minimum Gasteiger partial charge on any atom is -0.310 e. The molecule has 9 nitrogen and oxygen atoms in total. The smallest absolute Gasteiger partial charge is 0.263 e. The summed E-state index contributed by atoms with van der Waals surface area (Å²) in [6.45, 7) is 7.23. The van der Waals surface area contributed by atoms with Crippen LogP contribution in [0.25, 0.3) is 22.7 Å². The number of halogens is 1. The standard InChI is InChI=1S/C20H20ClN7O2/c1-11-9-15(23-18(30)20(2,3)4)28(26-11)19-24-16-14(17(29)25-19)10-22-27(16)13-7-5-12(21)6-8-13/h5-10H,1-4H3,(H,23,30)(H,24,25,29). The summed E-state index contributed by atoms with van der Waals surface area (Å²) >= 11 is 5.97. The van der Waals surface area contributed by atoms with E-state index < -0.39 is 5.41 Å².